The molecule has 0 saturated carbocycles. The van der Waals surface area contributed by atoms with Crippen LogP contribution in [0, 0.1) is 12.3 Å². The number of halogens is 3. The molecule has 0 amide bonds. The van der Waals surface area contributed by atoms with Crippen LogP contribution in [0.15, 0.2) is 23.2 Å². The highest BCUT2D eigenvalue weighted by Crippen LogP contribution is 2.23. The van der Waals surface area contributed by atoms with E-state index in [1.165, 1.54) is 0 Å². The maximum Gasteiger partial charge on any atom is 0.191 e. The van der Waals surface area contributed by atoms with Gasteiger partial charge in [-0.3, -0.25) is 4.99 Å². The summed E-state index contributed by atoms with van der Waals surface area (Å²) in [5.41, 5.74) is 0.636. The minimum Gasteiger partial charge on any atom is -0.387 e. The van der Waals surface area contributed by atoms with E-state index in [1.54, 1.807) is 25.2 Å². The van der Waals surface area contributed by atoms with E-state index in [0.29, 0.717) is 28.1 Å². The summed E-state index contributed by atoms with van der Waals surface area (Å²) in [4.78, 5) is 3.96. The van der Waals surface area contributed by atoms with Gasteiger partial charge in [0.25, 0.3) is 0 Å². The van der Waals surface area contributed by atoms with Crippen LogP contribution in [0.1, 0.15) is 11.7 Å². The van der Waals surface area contributed by atoms with Crippen molar-refractivity contribution in [1.82, 2.24) is 10.6 Å². The molecule has 1 atom stereocenters. The molecule has 1 aromatic carbocycles. The highest BCUT2D eigenvalue weighted by atomic mass is 127. The smallest absolute Gasteiger partial charge is 0.191 e. The molecule has 0 radical (unpaired) electrons. The van der Waals surface area contributed by atoms with Crippen molar-refractivity contribution >= 4 is 53.1 Å². The summed E-state index contributed by atoms with van der Waals surface area (Å²) in [6.07, 6.45) is 4.39. The molecular weight excluding hydrogens is 412 g/mol. The Labute approximate surface area is 146 Å². The number of nitrogens with zero attached hydrogens (tertiary/aromatic N) is 1. The van der Waals surface area contributed by atoms with E-state index in [1.807, 2.05) is 0 Å². The van der Waals surface area contributed by atoms with Gasteiger partial charge in [-0.15, -0.1) is 30.4 Å². The third kappa shape index (κ3) is 6.66. The molecule has 3 N–H and O–H groups in total. The predicted molar refractivity (Wildman–Crippen MR) is 95.0 cm³/mol. The molecule has 20 heavy (non-hydrogen) atoms. The van der Waals surface area contributed by atoms with Gasteiger partial charge in [-0.2, -0.15) is 0 Å². The Bertz CT molecular complexity index is 483. The molecule has 0 heterocycles. The molecule has 1 aromatic rings. The van der Waals surface area contributed by atoms with Crippen molar-refractivity contribution in [3.8, 4) is 12.3 Å². The fourth-order valence-electron chi connectivity index (χ4n) is 1.43. The number of terminal acetylenes is 1. The lowest BCUT2D eigenvalue weighted by Crippen LogP contribution is -2.39. The van der Waals surface area contributed by atoms with Crippen LogP contribution in [0.25, 0.3) is 0 Å². The van der Waals surface area contributed by atoms with Gasteiger partial charge in [0.15, 0.2) is 5.96 Å². The monoisotopic (exact) mass is 427 g/mol. The Balaban J connectivity index is 0.00000361. The second-order valence-corrected chi connectivity index (χ2v) is 4.60. The second-order valence-electron chi connectivity index (χ2n) is 3.73. The van der Waals surface area contributed by atoms with E-state index in [-0.39, 0.29) is 30.5 Å². The standard InChI is InChI=1S/C13H15Cl2N3O.HI/c1-3-4-17-13(16-2)18-8-12(19)9-5-10(14)7-11(15)6-9;/h1,5-7,12,19H,4,8H2,2H3,(H2,16,17,18);1H. The number of benzene rings is 1. The van der Waals surface area contributed by atoms with Crippen LogP contribution < -0.4 is 10.6 Å². The van der Waals surface area contributed by atoms with Crippen molar-refractivity contribution in [2.45, 2.75) is 6.10 Å². The zero-order valence-corrected chi connectivity index (χ0v) is 14.7. The van der Waals surface area contributed by atoms with E-state index in [2.05, 4.69) is 21.5 Å². The SMILES string of the molecule is C#CCNC(=NC)NCC(O)c1cc(Cl)cc(Cl)c1.I. The van der Waals surface area contributed by atoms with Crippen LogP contribution in [0.3, 0.4) is 0 Å². The lowest BCUT2D eigenvalue weighted by atomic mass is 10.1. The highest BCUT2D eigenvalue weighted by molar-refractivity contribution is 14.0. The van der Waals surface area contributed by atoms with Crippen molar-refractivity contribution in [2.24, 2.45) is 4.99 Å². The topological polar surface area (TPSA) is 56.7 Å². The molecular formula is C13H16Cl2IN3O. The van der Waals surface area contributed by atoms with Crippen LogP contribution in [0.4, 0.5) is 0 Å². The van der Waals surface area contributed by atoms with E-state index in [9.17, 15) is 5.11 Å². The minimum absolute atomic E-state index is 0. The fourth-order valence-corrected chi connectivity index (χ4v) is 1.98. The van der Waals surface area contributed by atoms with Gasteiger partial charge in [-0.05, 0) is 23.8 Å². The van der Waals surface area contributed by atoms with Gasteiger partial charge < -0.3 is 15.7 Å². The van der Waals surface area contributed by atoms with Gasteiger partial charge >= 0.3 is 0 Å². The lowest BCUT2D eigenvalue weighted by Gasteiger charge is -2.15. The van der Waals surface area contributed by atoms with Crippen LogP contribution in [0.5, 0.6) is 0 Å². The molecule has 1 rings (SSSR count). The number of aliphatic hydroxyl groups excluding tert-OH is 1. The van der Waals surface area contributed by atoms with Gasteiger partial charge in [0, 0.05) is 23.6 Å². The summed E-state index contributed by atoms with van der Waals surface area (Å²) in [7, 11) is 1.62. The van der Waals surface area contributed by atoms with E-state index in [0.717, 1.165) is 0 Å². The third-order valence-electron chi connectivity index (χ3n) is 2.31. The summed E-state index contributed by atoms with van der Waals surface area (Å²) in [6.45, 7) is 0.625. The van der Waals surface area contributed by atoms with Crippen LogP contribution in [0.2, 0.25) is 10.0 Å². The molecule has 4 nitrogen and oxygen atoms in total. The van der Waals surface area contributed by atoms with Crippen LogP contribution in [-0.4, -0.2) is 31.2 Å². The number of nitrogens with one attached hydrogen (secondary N) is 2. The van der Waals surface area contributed by atoms with Gasteiger partial charge in [0.2, 0.25) is 0 Å². The maximum atomic E-state index is 10.0. The first-order valence-electron chi connectivity index (χ1n) is 5.59. The normalized spacial score (nSPS) is 12.1. The Hall–Kier alpha value is -0.680. The van der Waals surface area contributed by atoms with Crippen molar-refractivity contribution in [3.63, 3.8) is 0 Å². The van der Waals surface area contributed by atoms with Crippen molar-refractivity contribution in [3.05, 3.63) is 33.8 Å². The first-order valence-corrected chi connectivity index (χ1v) is 6.34. The van der Waals surface area contributed by atoms with Crippen molar-refractivity contribution in [1.29, 1.82) is 0 Å². The summed E-state index contributed by atoms with van der Waals surface area (Å²) in [5.74, 6) is 2.96. The Morgan fingerprint density at radius 2 is 1.95 bits per heavy atom. The minimum atomic E-state index is -0.749. The van der Waals surface area contributed by atoms with Gasteiger partial charge in [0.1, 0.15) is 0 Å². The third-order valence-corrected chi connectivity index (χ3v) is 2.75. The predicted octanol–water partition coefficient (Wildman–Crippen LogP) is 2.44. The summed E-state index contributed by atoms with van der Waals surface area (Å²) in [5, 5.41) is 16.8. The van der Waals surface area contributed by atoms with Gasteiger partial charge in [0.05, 0.1) is 12.6 Å². The molecule has 110 valence electrons. The fraction of sp³-hybridized carbons (Fsp3) is 0.308. The zero-order valence-electron chi connectivity index (χ0n) is 10.9. The lowest BCUT2D eigenvalue weighted by molar-refractivity contribution is 0.181. The van der Waals surface area contributed by atoms with E-state index in [4.69, 9.17) is 29.6 Å². The average Bonchev–Trinajstić information content (AvgIpc) is 2.37. The van der Waals surface area contributed by atoms with E-state index < -0.39 is 6.10 Å². The van der Waals surface area contributed by atoms with Crippen LogP contribution in [-0.2, 0) is 0 Å². The van der Waals surface area contributed by atoms with Gasteiger partial charge in [-0.1, -0.05) is 29.1 Å². The van der Waals surface area contributed by atoms with E-state index >= 15 is 0 Å². The Morgan fingerprint density at radius 1 is 1.35 bits per heavy atom. The van der Waals surface area contributed by atoms with Crippen molar-refractivity contribution in [2.75, 3.05) is 20.1 Å². The second kappa shape index (κ2) is 10.1. The molecule has 0 aliphatic carbocycles. The molecule has 0 saturated heterocycles. The quantitative estimate of drug-likeness (QED) is 0.299. The molecule has 7 heteroatoms. The Morgan fingerprint density at radius 3 is 2.45 bits per heavy atom. The van der Waals surface area contributed by atoms with Crippen LogP contribution >= 0.6 is 47.2 Å². The number of aliphatic hydroxyl groups is 1. The highest BCUT2D eigenvalue weighted by Gasteiger charge is 2.10. The molecule has 0 spiro atoms. The summed E-state index contributed by atoms with van der Waals surface area (Å²) in [6, 6.07) is 4.94. The summed E-state index contributed by atoms with van der Waals surface area (Å²) < 4.78 is 0. The molecule has 0 fully saturated rings. The average molecular weight is 428 g/mol. The summed E-state index contributed by atoms with van der Waals surface area (Å²) >= 11 is 11.8. The molecule has 0 aliphatic rings. The number of guanidine groups is 1. The zero-order chi connectivity index (χ0) is 14.3. The first-order chi connectivity index (χ1) is 9.06. The van der Waals surface area contributed by atoms with Gasteiger partial charge in [-0.25, -0.2) is 0 Å². The maximum absolute atomic E-state index is 10.0. The largest absolute Gasteiger partial charge is 0.387 e. The number of rotatable bonds is 4. The molecule has 0 aromatic heterocycles. The number of hydrogen-bond acceptors (Lipinski definition) is 2. The molecule has 0 bridgehead atoms. The first kappa shape index (κ1) is 19.3. The number of hydrogen-bond donors (Lipinski definition) is 3. The molecule has 0 aliphatic heterocycles. The molecule has 1 unspecified atom stereocenters. The van der Waals surface area contributed by atoms with Crippen molar-refractivity contribution < 1.29 is 5.11 Å². The number of aliphatic imine (C=N–C) groups is 1. The Kier molecular flexibility index (Phi) is 9.76.